The molecule has 0 heterocycles. The molecule has 2 N–H and O–H groups in total. The Morgan fingerprint density at radius 3 is 2.70 bits per heavy atom. The van der Waals surface area contributed by atoms with Gasteiger partial charge in [0.15, 0.2) is 11.4 Å². The first kappa shape index (κ1) is 24.1. The highest BCUT2D eigenvalue weighted by Gasteiger charge is 2.71. The number of alkyl halides is 1. The highest BCUT2D eigenvalue weighted by Crippen LogP contribution is 2.68. The lowest BCUT2D eigenvalue weighted by molar-refractivity contribution is -0.185. The van der Waals surface area contributed by atoms with Crippen molar-refractivity contribution in [1.82, 2.24) is 0 Å². The van der Waals surface area contributed by atoms with Crippen LogP contribution in [0.25, 0.3) is 0 Å². The van der Waals surface area contributed by atoms with E-state index in [2.05, 4.69) is 0 Å². The smallest absolute Gasteiger partial charge is 0.434 e. The molecule has 8 heteroatoms. The average Bonchev–Trinajstić information content (AvgIpc) is 3.05. The number of hydrogen-bond donors (Lipinski definition) is 2. The number of fused-ring (bicyclic) bond motifs is 5. The molecular formula is C25H33FO7. The van der Waals surface area contributed by atoms with Gasteiger partial charge in [-0.3, -0.25) is 9.59 Å². The summed E-state index contributed by atoms with van der Waals surface area (Å²) in [5, 5.41) is 21.2. The van der Waals surface area contributed by atoms with E-state index in [0.29, 0.717) is 18.4 Å². The largest absolute Gasteiger partial charge is 0.509 e. The zero-order chi connectivity index (χ0) is 24.2. The van der Waals surface area contributed by atoms with Gasteiger partial charge in [-0.15, -0.1) is 0 Å². The number of carbonyl (C=O) groups excluding carboxylic acids is 3. The molecule has 8 atom stereocenters. The number of ether oxygens (including phenoxy) is 2. The summed E-state index contributed by atoms with van der Waals surface area (Å²) < 4.78 is 26.2. The minimum atomic E-state index is -1.65. The molecule has 0 saturated heterocycles. The molecule has 0 radical (unpaired) electrons. The van der Waals surface area contributed by atoms with Crippen LogP contribution in [-0.4, -0.2) is 59.0 Å². The van der Waals surface area contributed by atoms with Crippen molar-refractivity contribution in [2.24, 2.45) is 28.6 Å². The van der Waals surface area contributed by atoms with Gasteiger partial charge in [-0.1, -0.05) is 26.8 Å². The highest BCUT2D eigenvalue weighted by atomic mass is 19.1. The van der Waals surface area contributed by atoms with E-state index in [-0.39, 0.29) is 49.4 Å². The Hall–Kier alpha value is -2.06. The van der Waals surface area contributed by atoms with Gasteiger partial charge >= 0.3 is 6.16 Å². The summed E-state index contributed by atoms with van der Waals surface area (Å²) in [4.78, 5) is 37.4. The van der Waals surface area contributed by atoms with Crippen LogP contribution in [0, 0.1) is 28.6 Å². The first-order chi connectivity index (χ1) is 15.5. The van der Waals surface area contributed by atoms with Crippen molar-refractivity contribution in [3.05, 3.63) is 23.8 Å². The van der Waals surface area contributed by atoms with Crippen LogP contribution in [0.2, 0.25) is 0 Å². The van der Waals surface area contributed by atoms with Crippen molar-refractivity contribution < 1.29 is 38.5 Å². The summed E-state index contributed by atoms with van der Waals surface area (Å²) in [6, 6.07) is 0. The van der Waals surface area contributed by atoms with Crippen molar-refractivity contribution in [2.45, 2.75) is 70.8 Å². The number of allylic oxidation sites excluding steroid dienone is 4. The van der Waals surface area contributed by atoms with Crippen LogP contribution in [0.15, 0.2) is 23.8 Å². The van der Waals surface area contributed by atoms with Crippen LogP contribution in [-0.2, 0) is 19.1 Å². The molecule has 4 aliphatic carbocycles. The Morgan fingerprint density at radius 2 is 2.03 bits per heavy atom. The minimum absolute atomic E-state index is 0.119. The number of halogens is 1. The Labute approximate surface area is 193 Å². The zero-order valence-corrected chi connectivity index (χ0v) is 19.4. The number of hydrogen-bond acceptors (Lipinski definition) is 7. The normalized spacial score (nSPS) is 43.8. The number of Topliss-reactive ketones (excluding diaryl/α,β-unsaturated/α-hetero) is 1. The molecular weight excluding hydrogens is 431 g/mol. The second-order valence-electron chi connectivity index (χ2n) is 10.5. The molecule has 3 fully saturated rings. The van der Waals surface area contributed by atoms with Crippen molar-refractivity contribution in [2.75, 3.05) is 13.2 Å². The molecule has 7 nitrogen and oxygen atoms in total. The van der Waals surface area contributed by atoms with E-state index in [4.69, 9.17) is 9.47 Å². The maximum Gasteiger partial charge on any atom is 0.509 e. The van der Waals surface area contributed by atoms with Crippen LogP contribution in [0.5, 0.6) is 0 Å². The van der Waals surface area contributed by atoms with Gasteiger partial charge in [0.1, 0.15) is 12.8 Å². The van der Waals surface area contributed by atoms with Gasteiger partial charge in [-0.2, -0.15) is 0 Å². The molecule has 182 valence electrons. The molecule has 0 aromatic heterocycles. The highest BCUT2D eigenvalue weighted by molar-refractivity contribution is 6.01. The fraction of sp³-hybridized carbons (Fsp3) is 0.720. The fourth-order valence-electron chi connectivity index (χ4n) is 7.49. The first-order valence-corrected chi connectivity index (χ1v) is 11.8. The maximum absolute atomic E-state index is 15.4. The lowest BCUT2D eigenvalue weighted by Gasteiger charge is -2.60. The molecule has 0 amide bonds. The van der Waals surface area contributed by atoms with Gasteiger partial charge in [0.2, 0.25) is 5.78 Å². The summed E-state index contributed by atoms with van der Waals surface area (Å²) in [6.07, 6.45) is 2.75. The molecule has 0 aromatic rings. The van der Waals surface area contributed by atoms with E-state index in [9.17, 15) is 24.6 Å². The van der Waals surface area contributed by atoms with E-state index in [1.54, 1.807) is 13.0 Å². The molecule has 3 saturated carbocycles. The van der Waals surface area contributed by atoms with Gasteiger partial charge in [0.05, 0.1) is 12.7 Å². The number of aliphatic hydroxyl groups is 2. The van der Waals surface area contributed by atoms with Gasteiger partial charge < -0.3 is 19.7 Å². The van der Waals surface area contributed by atoms with E-state index in [1.807, 2.05) is 13.8 Å². The molecule has 1 unspecified atom stereocenters. The predicted molar refractivity (Wildman–Crippen MR) is 116 cm³/mol. The average molecular weight is 465 g/mol. The Balaban J connectivity index is 1.74. The molecule has 0 aromatic carbocycles. The molecule has 33 heavy (non-hydrogen) atoms. The summed E-state index contributed by atoms with van der Waals surface area (Å²) in [5.41, 5.74) is -3.06. The zero-order valence-electron chi connectivity index (χ0n) is 19.4. The maximum atomic E-state index is 15.4. The van der Waals surface area contributed by atoms with Crippen molar-refractivity contribution >= 4 is 17.7 Å². The van der Waals surface area contributed by atoms with Gasteiger partial charge in [0, 0.05) is 16.7 Å². The van der Waals surface area contributed by atoms with Gasteiger partial charge in [0.25, 0.3) is 0 Å². The lowest BCUT2D eigenvalue weighted by Crippen LogP contribution is -2.63. The van der Waals surface area contributed by atoms with Crippen molar-refractivity contribution in [1.29, 1.82) is 0 Å². The Bertz CT molecular complexity index is 912. The summed E-state index contributed by atoms with van der Waals surface area (Å²) in [6.45, 7) is 4.81. The van der Waals surface area contributed by atoms with E-state index in [0.717, 1.165) is 0 Å². The number of carbonyl (C=O) groups is 3. The quantitative estimate of drug-likeness (QED) is 0.602. The summed E-state index contributed by atoms with van der Waals surface area (Å²) in [7, 11) is 0. The second-order valence-corrected chi connectivity index (χ2v) is 10.5. The summed E-state index contributed by atoms with van der Waals surface area (Å²) >= 11 is 0. The van der Waals surface area contributed by atoms with Crippen molar-refractivity contribution in [3.8, 4) is 0 Å². The van der Waals surface area contributed by atoms with Crippen LogP contribution in [0.1, 0.15) is 52.9 Å². The number of aliphatic hydroxyl groups excluding tert-OH is 2. The Morgan fingerprint density at radius 1 is 1.30 bits per heavy atom. The molecule has 0 spiro atoms. The van der Waals surface area contributed by atoms with E-state index < -0.39 is 47.3 Å². The fourth-order valence-corrected chi connectivity index (χ4v) is 7.49. The molecule has 0 bridgehead atoms. The van der Waals surface area contributed by atoms with Crippen LogP contribution >= 0.6 is 0 Å². The third-order valence-corrected chi connectivity index (χ3v) is 8.87. The molecule has 0 aliphatic heterocycles. The van der Waals surface area contributed by atoms with Crippen LogP contribution in [0.3, 0.4) is 0 Å². The summed E-state index contributed by atoms with van der Waals surface area (Å²) in [5.74, 6) is -1.74. The molecule has 4 rings (SSSR count). The molecule has 4 aliphatic rings. The van der Waals surface area contributed by atoms with E-state index >= 15 is 4.39 Å². The SMILES string of the molecule is CCCOC(=O)O[C@]1(C(=O)CO)CC[C@H]2[C@@H]3C[C@H](F)C4=CC(=O)C=C[C@]4(C)[C@H]3C(O)C[C@@]21C. The number of rotatable bonds is 5. The minimum Gasteiger partial charge on any atom is -0.434 e. The third-order valence-electron chi connectivity index (χ3n) is 8.87. The number of ketones is 2. The second kappa shape index (κ2) is 8.31. The van der Waals surface area contributed by atoms with Crippen LogP contribution < -0.4 is 0 Å². The topological polar surface area (TPSA) is 110 Å². The monoisotopic (exact) mass is 464 g/mol. The van der Waals surface area contributed by atoms with E-state index in [1.165, 1.54) is 12.2 Å². The van der Waals surface area contributed by atoms with Gasteiger partial charge in [-0.25, -0.2) is 9.18 Å². The lowest BCUT2D eigenvalue weighted by atomic mass is 9.46. The predicted octanol–water partition coefficient (Wildman–Crippen LogP) is 3.08. The van der Waals surface area contributed by atoms with Gasteiger partial charge in [-0.05, 0) is 61.7 Å². The first-order valence-electron chi connectivity index (χ1n) is 11.8. The van der Waals surface area contributed by atoms with Crippen LogP contribution in [0.4, 0.5) is 9.18 Å². The standard InChI is InChI=1S/C25H33FO7/c1-4-9-32-22(31)33-25(20(30)13-27)8-6-16-15-11-18(26)17-10-14(28)5-7-23(17,2)21(15)19(29)12-24(16,25)3/h5,7,10,15-16,18-19,21,27,29H,4,6,8-9,11-13H2,1-3H3/t15-,16-,18-,19?,21+,23-,24-,25-/m0/s1. The Kier molecular flexibility index (Phi) is 6.06. The third kappa shape index (κ3) is 3.40. The van der Waals surface area contributed by atoms with Crippen molar-refractivity contribution in [3.63, 3.8) is 0 Å².